The molecule has 0 aromatic rings. The van der Waals surface area contributed by atoms with Gasteiger partial charge in [-0.25, -0.2) is 19.6 Å². The van der Waals surface area contributed by atoms with Crippen LogP contribution >= 0.6 is 0 Å². The van der Waals surface area contributed by atoms with Gasteiger partial charge in [-0.05, 0) is 24.2 Å². The molecular weight excluding hydrogens is 192 g/mol. The number of hydrogen-bond donors (Lipinski definition) is 0. The first-order valence-corrected chi connectivity index (χ1v) is 5.20. The van der Waals surface area contributed by atoms with E-state index >= 15 is 0 Å². The van der Waals surface area contributed by atoms with Gasteiger partial charge in [0.25, 0.3) is 0 Å². The molecule has 0 radical (unpaired) electrons. The van der Waals surface area contributed by atoms with Gasteiger partial charge in [-0.15, -0.1) is 0 Å². The molecule has 0 N–H and O–H groups in total. The molecule has 0 aromatic heterocycles. The maximum atomic E-state index is 9.96. The van der Waals surface area contributed by atoms with Crippen molar-refractivity contribution in [1.29, 1.82) is 0 Å². The zero-order chi connectivity index (χ0) is 11.7. The lowest BCUT2D eigenvalue weighted by molar-refractivity contribution is 0.274. The van der Waals surface area contributed by atoms with Crippen LogP contribution in [0.25, 0.3) is 0 Å². The molecule has 0 aliphatic heterocycles. The van der Waals surface area contributed by atoms with Crippen LogP contribution in [0.2, 0.25) is 0 Å². The summed E-state index contributed by atoms with van der Waals surface area (Å²) in [6.45, 7) is 7.35. The van der Waals surface area contributed by atoms with Gasteiger partial charge in [0, 0.05) is 0 Å². The molecule has 0 spiro atoms. The number of hydrogen-bond acceptors (Lipinski definition) is 4. The van der Waals surface area contributed by atoms with E-state index in [1.54, 1.807) is 6.08 Å². The maximum Gasteiger partial charge on any atom is 0.234 e. The second kappa shape index (κ2) is 8.10. The Morgan fingerprint density at radius 2 is 1.60 bits per heavy atom. The van der Waals surface area contributed by atoms with Crippen molar-refractivity contribution in [1.82, 2.24) is 0 Å². The fraction of sp³-hybridized carbons (Fsp3) is 0.818. The summed E-state index contributed by atoms with van der Waals surface area (Å²) < 4.78 is 0. The molecule has 0 bridgehead atoms. The summed E-state index contributed by atoms with van der Waals surface area (Å²) in [6.07, 6.45) is 3.95. The van der Waals surface area contributed by atoms with Crippen LogP contribution in [0.4, 0.5) is 0 Å². The minimum atomic E-state index is 0.349. The number of carbonyl (C=O) groups excluding carboxylic acids is 2. The van der Waals surface area contributed by atoms with Crippen LogP contribution in [0.15, 0.2) is 9.98 Å². The zero-order valence-electron chi connectivity index (χ0n) is 9.56. The fourth-order valence-electron chi connectivity index (χ4n) is 1.49. The van der Waals surface area contributed by atoms with Crippen LogP contribution in [0.3, 0.4) is 0 Å². The molecule has 0 aromatic carbocycles. The third-order valence-corrected chi connectivity index (χ3v) is 3.00. The molecule has 0 aliphatic rings. The summed E-state index contributed by atoms with van der Waals surface area (Å²) in [6, 6.07) is 0. The SMILES string of the molecule is CC(CCN=C=O)C(C)C(C)CN=C=O. The molecule has 3 atom stereocenters. The van der Waals surface area contributed by atoms with E-state index in [2.05, 4.69) is 30.8 Å². The van der Waals surface area contributed by atoms with Gasteiger partial charge in [0.2, 0.25) is 12.2 Å². The average Bonchev–Trinajstić information content (AvgIpc) is 2.24. The van der Waals surface area contributed by atoms with Crippen LogP contribution < -0.4 is 0 Å². The van der Waals surface area contributed by atoms with Gasteiger partial charge in [0.05, 0.1) is 13.1 Å². The second-order valence-corrected chi connectivity index (χ2v) is 4.01. The molecule has 0 heterocycles. The molecule has 0 amide bonds. The molecule has 15 heavy (non-hydrogen) atoms. The lowest BCUT2D eigenvalue weighted by atomic mass is 9.83. The first kappa shape index (κ1) is 13.8. The Morgan fingerprint density at radius 3 is 2.13 bits per heavy atom. The zero-order valence-corrected chi connectivity index (χ0v) is 9.56. The van der Waals surface area contributed by atoms with Crippen molar-refractivity contribution in [2.24, 2.45) is 27.7 Å². The van der Waals surface area contributed by atoms with E-state index < -0.39 is 0 Å². The van der Waals surface area contributed by atoms with Gasteiger partial charge >= 0.3 is 0 Å². The van der Waals surface area contributed by atoms with Gasteiger partial charge in [-0.3, -0.25) is 0 Å². The summed E-state index contributed by atoms with van der Waals surface area (Å²) >= 11 is 0. The van der Waals surface area contributed by atoms with E-state index in [1.165, 1.54) is 6.08 Å². The van der Waals surface area contributed by atoms with E-state index in [9.17, 15) is 9.59 Å². The summed E-state index contributed by atoms with van der Waals surface area (Å²) in [5.41, 5.74) is 0. The quantitative estimate of drug-likeness (QED) is 0.476. The Balaban J connectivity index is 3.99. The number of rotatable bonds is 7. The Morgan fingerprint density at radius 1 is 1.00 bits per heavy atom. The normalized spacial score (nSPS) is 15.7. The number of aliphatic imine (C=N–C) groups is 2. The van der Waals surface area contributed by atoms with Crippen LogP contribution in [-0.2, 0) is 9.59 Å². The molecular formula is C11H18N2O2. The smallest absolute Gasteiger partial charge is 0.211 e. The molecule has 0 aliphatic carbocycles. The Bertz CT molecular complexity index is 266. The van der Waals surface area contributed by atoms with Gasteiger partial charge in [0.1, 0.15) is 0 Å². The van der Waals surface area contributed by atoms with Crippen LogP contribution in [0.1, 0.15) is 27.2 Å². The monoisotopic (exact) mass is 210 g/mol. The van der Waals surface area contributed by atoms with Crippen molar-refractivity contribution in [2.75, 3.05) is 13.1 Å². The summed E-state index contributed by atoms with van der Waals surface area (Å²) in [5.74, 6) is 1.25. The van der Waals surface area contributed by atoms with Crippen LogP contribution in [-0.4, -0.2) is 25.2 Å². The van der Waals surface area contributed by atoms with E-state index in [1.807, 2.05) is 0 Å². The molecule has 3 unspecified atom stereocenters. The lowest BCUT2D eigenvalue weighted by Crippen LogP contribution is -2.19. The highest BCUT2D eigenvalue weighted by molar-refractivity contribution is 5.33. The first-order chi connectivity index (χ1) is 7.13. The molecule has 4 heteroatoms. The molecule has 4 nitrogen and oxygen atoms in total. The van der Waals surface area contributed by atoms with E-state index in [4.69, 9.17) is 0 Å². The predicted octanol–water partition coefficient (Wildman–Crippen LogP) is 1.96. The number of nitrogens with zero attached hydrogens (tertiary/aromatic N) is 2. The summed E-state index contributed by atoms with van der Waals surface area (Å²) in [4.78, 5) is 26.9. The first-order valence-electron chi connectivity index (χ1n) is 5.20. The minimum absolute atomic E-state index is 0.349. The molecule has 0 saturated carbocycles. The van der Waals surface area contributed by atoms with Crippen molar-refractivity contribution in [3.63, 3.8) is 0 Å². The highest BCUT2D eigenvalue weighted by Gasteiger charge is 2.18. The van der Waals surface area contributed by atoms with E-state index in [0.29, 0.717) is 30.8 Å². The van der Waals surface area contributed by atoms with E-state index in [0.717, 1.165) is 6.42 Å². The van der Waals surface area contributed by atoms with Crippen LogP contribution in [0, 0.1) is 17.8 Å². The van der Waals surface area contributed by atoms with Crippen molar-refractivity contribution in [2.45, 2.75) is 27.2 Å². The summed E-state index contributed by atoms with van der Waals surface area (Å²) in [7, 11) is 0. The molecule has 0 fully saturated rings. The Labute approximate surface area is 90.5 Å². The molecule has 0 saturated heterocycles. The Kier molecular flexibility index (Phi) is 7.43. The highest BCUT2D eigenvalue weighted by Crippen LogP contribution is 2.23. The van der Waals surface area contributed by atoms with Crippen molar-refractivity contribution < 1.29 is 9.59 Å². The van der Waals surface area contributed by atoms with Gasteiger partial charge in [-0.1, -0.05) is 20.8 Å². The predicted molar refractivity (Wildman–Crippen MR) is 58.1 cm³/mol. The maximum absolute atomic E-state index is 9.96. The third-order valence-electron chi connectivity index (χ3n) is 3.00. The lowest BCUT2D eigenvalue weighted by Gasteiger charge is -2.23. The standard InChI is InChI=1S/C11H18N2O2/c1-9(4-5-12-7-14)11(3)10(2)6-13-8-15/h9-11H,4-6H2,1-3H3. The van der Waals surface area contributed by atoms with Crippen molar-refractivity contribution >= 4 is 12.2 Å². The second-order valence-electron chi connectivity index (χ2n) is 4.01. The van der Waals surface area contributed by atoms with Crippen LogP contribution in [0.5, 0.6) is 0 Å². The topological polar surface area (TPSA) is 58.9 Å². The average molecular weight is 210 g/mol. The Hall–Kier alpha value is -1.24. The number of isocyanates is 2. The van der Waals surface area contributed by atoms with Gasteiger partial charge < -0.3 is 0 Å². The van der Waals surface area contributed by atoms with Gasteiger partial charge in [0.15, 0.2) is 0 Å². The fourth-order valence-corrected chi connectivity index (χ4v) is 1.49. The largest absolute Gasteiger partial charge is 0.234 e. The van der Waals surface area contributed by atoms with E-state index in [-0.39, 0.29) is 0 Å². The summed E-state index contributed by atoms with van der Waals surface area (Å²) in [5, 5.41) is 0. The molecule has 84 valence electrons. The van der Waals surface area contributed by atoms with Crippen molar-refractivity contribution in [3.8, 4) is 0 Å². The minimum Gasteiger partial charge on any atom is -0.211 e. The third kappa shape index (κ3) is 5.95. The van der Waals surface area contributed by atoms with Gasteiger partial charge in [-0.2, -0.15) is 0 Å². The molecule has 0 rings (SSSR count). The van der Waals surface area contributed by atoms with Crippen molar-refractivity contribution in [3.05, 3.63) is 0 Å². The highest BCUT2D eigenvalue weighted by atomic mass is 16.1.